The number of hydrogen-bond donors (Lipinski definition) is 1. The monoisotopic (exact) mass is 215 g/mol. The smallest absolute Gasteiger partial charge is 0.132 e. The molecule has 0 saturated carbocycles. The summed E-state index contributed by atoms with van der Waals surface area (Å²) in [5.74, 6) is -0.289. The molecule has 2 aromatic rings. The molecule has 0 unspecified atom stereocenters. The van der Waals surface area contributed by atoms with Gasteiger partial charge in [0.2, 0.25) is 0 Å². The van der Waals surface area contributed by atoms with Gasteiger partial charge in [0, 0.05) is 18.0 Å². The first-order valence-electron chi connectivity index (χ1n) is 4.80. The van der Waals surface area contributed by atoms with Crippen LogP contribution in [-0.4, -0.2) is 11.2 Å². The van der Waals surface area contributed by atoms with Crippen LogP contribution < -0.4 is 5.43 Å². The van der Waals surface area contributed by atoms with Crippen molar-refractivity contribution in [2.75, 3.05) is 5.43 Å². The fourth-order valence-corrected chi connectivity index (χ4v) is 1.18. The lowest BCUT2D eigenvalue weighted by Gasteiger charge is -1.98. The van der Waals surface area contributed by atoms with Crippen LogP contribution in [0.1, 0.15) is 5.56 Å². The Bertz CT molecular complexity index is 483. The summed E-state index contributed by atoms with van der Waals surface area (Å²) in [6.45, 7) is 0. The average molecular weight is 215 g/mol. The highest BCUT2D eigenvalue weighted by Gasteiger charge is 1.95. The van der Waals surface area contributed by atoms with Crippen molar-refractivity contribution in [2.24, 2.45) is 5.10 Å². The van der Waals surface area contributed by atoms with Gasteiger partial charge in [0.25, 0.3) is 0 Å². The molecule has 0 bridgehead atoms. The largest absolute Gasteiger partial charge is 0.278 e. The molecule has 0 amide bonds. The molecule has 0 radical (unpaired) electrons. The number of pyridine rings is 1. The number of halogens is 1. The number of anilines is 1. The highest BCUT2D eigenvalue weighted by molar-refractivity contribution is 5.80. The van der Waals surface area contributed by atoms with Gasteiger partial charge in [0.15, 0.2) is 0 Å². The van der Waals surface area contributed by atoms with E-state index in [1.54, 1.807) is 42.7 Å². The van der Waals surface area contributed by atoms with Gasteiger partial charge in [-0.1, -0.05) is 18.2 Å². The number of benzene rings is 1. The molecule has 1 aromatic heterocycles. The molecular weight excluding hydrogens is 205 g/mol. The average Bonchev–Trinajstić information content (AvgIpc) is 2.33. The molecule has 1 heterocycles. The Morgan fingerprint density at radius 2 is 1.88 bits per heavy atom. The third-order valence-corrected chi connectivity index (χ3v) is 1.98. The van der Waals surface area contributed by atoms with Crippen LogP contribution >= 0.6 is 0 Å². The summed E-state index contributed by atoms with van der Waals surface area (Å²) in [5.41, 5.74) is 4.04. The first-order chi connectivity index (χ1) is 7.86. The third kappa shape index (κ3) is 2.63. The number of hydrogen-bond acceptors (Lipinski definition) is 3. The number of aromatic nitrogens is 1. The zero-order valence-corrected chi connectivity index (χ0v) is 8.47. The van der Waals surface area contributed by atoms with E-state index in [9.17, 15) is 4.39 Å². The molecule has 0 aliphatic carbocycles. The Hall–Kier alpha value is -2.23. The lowest BCUT2D eigenvalue weighted by molar-refractivity contribution is 0.626. The van der Waals surface area contributed by atoms with Crippen LogP contribution in [0.3, 0.4) is 0 Å². The van der Waals surface area contributed by atoms with E-state index in [0.29, 0.717) is 5.56 Å². The minimum atomic E-state index is -0.289. The summed E-state index contributed by atoms with van der Waals surface area (Å²) in [7, 11) is 0. The zero-order chi connectivity index (χ0) is 11.2. The van der Waals surface area contributed by atoms with Crippen molar-refractivity contribution in [2.45, 2.75) is 0 Å². The van der Waals surface area contributed by atoms with Gasteiger partial charge < -0.3 is 0 Å². The van der Waals surface area contributed by atoms with E-state index in [-0.39, 0.29) is 5.82 Å². The van der Waals surface area contributed by atoms with Crippen molar-refractivity contribution in [3.8, 4) is 0 Å². The molecule has 1 aromatic carbocycles. The van der Waals surface area contributed by atoms with Gasteiger partial charge in [-0.25, -0.2) is 4.39 Å². The molecule has 0 spiro atoms. The third-order valence-electron chi connectivity index (χ3n) is 1.98. The molecule has 0 saturated heterocycles. The van der Waals surface area contributed by atoms with E-state index in [1.807, 2.05) is 0 Å². The quantitative estimate of drug-likeness (QED) is 0.631. The maximum Gasteiger partial charge on any atom is 0.132 e. The van der Waals surface area contributed by atoms with Gasteiger partial charge in [-0.15, -0.1) is 0 Å². The molecule has 80 valence electrons. The second-order valence-electron chi connectivity index (χ2n) is 3.13. The predicted octanol–water partition coefficient (Wildman–Crippen LogP) is 2.67. The van der Waals surface area contributed by atoms with Crippen LogP contribution in [0.25, 0.3) is 0 Å². The van der Waals surface area contributed by atoms with Crippen LogP contribution in [0.4, 0.5) is 10.1 Å². The lowest BCUT2D eigenvalue weighted by Crippen LogP contribution is -1.92. The van der Waals surface area contributed by atoms with Crippen LogP contribution in [0, 0.1) is 5.82 Å². The summed E-state index contributed by atoms with van der Waals surface area (Å²) < 4.78 is 13.2. The van der Waals surface area contributed by atoms with E-state index in [0.717, 1.165) is 5.69 Å². The Kier molecular flexibility index (Phi) is 3.23. The summed E-state index contributed by atoms with van der Waals surface area (Å²) in [5, 5.41) is 3.93. The lowest BCUT2D eigenvalue weighted by atomic mass is 10.2. The van der Waals surface area contributed by atoms with Crippen LogP contribution in [0.2, 0.25) is 0 Å². The Morgan fingerprint density at radius 3 is 2.62 bits per heavy atom. The maximum atomic E-state index is 13.2. The van der Waals surface area contributed by atoms with Crippen molar-refractivity contribution in [1.82, 2.24) is 4.98 Å². The zero-order valence-electron chi connectivity index (χ0n) is 8.47. The number of hydrazone groups is 1. The second-order valence-corrected chi connectivity index (χ2v) is 3.13. The van der Waals surface area contributed by atoms with E-state index in [4.69, 9.17) is 0 Å². The number of nitrogens with one attached hydrogen (secondary N) is 1. The Labute approximate surface area is 92.7 Å². The summed E-state index contributed by atoms with van der Waals surface area (Å²) in [6, 6.07) is 10.0. The molecule has 4 heteroatoms. The summed E-state index contributed by atoms with van der Waals surface area (Å²) in [6.07, 6.45) is 4.75. The maximum absolute atomic E-state index is 13.2. The summed E-state index contributed by atoms with van der Waals surface area (Å²) >= 11 is 0. The summed E-state index contributed by atoms with van der Waals surface area (Å²) in [4.78, 5) is 3.87. The molecule has 2 rings (SSSR count). The normalized spacial score (nSPS) is 10.6. The molecule has 16 heavy (non-hydrogen) atoms. The highest BCUT2D eigenvalue weighted by atomic mass is 19.1. The van der Waals surface area contributed by atoms with Crippen molar-refractivity contribution < 1.29 is 4.39 Å². The molecule has 3 nitrogen and oxygen atoms in total. The fraction of sp³-hybridized carbons (Fsp3) is 0. The van der Waals surface area contributed by atoms with Crippen molar-refractivity contribution in [1.29, 1.82) is 0 Å². The van der Waals surface area contributed by atoms with E-state index < -0.39 is 0 Å². The molecular formula is C12H10FN3. The molecule has 0 atom stereocenters. The SMILES string of the molecule is Fc1ccccc1C=NNc1ccncc1. The van der Waals surface area contributed by atoms with E-state index in [1.165, 1.54) is 12.3 Å². The van der Waals surface area contributed by atoms with E-state index in [2.05, 4.69) is 15.5 Å². The van der Waals surface area contributed by atoms with Crippen molar-refractivity contribution in [3.05, 3.63) is 60.2 Å². The molecule has 0 aliphatic rings. The van der Waals surface area contributed by atoms with Gasteiger partial charge in [-0.3, -0.25) is 10.4 Å². The minimum absolute atomic E-state index is 0.289. The van der Waals surface area contributed by atoms with Crippen LogP contribution in [0.5, 0.6) is 0 Å². The second kappa shape index (κ2) is 5.02. The molecule has 1 N–H and O–H groups in total. The van der Waals surface area contributed by atoms with Gasteiger partial charge in [0.1, 0.15) is 5.82 Å². The highest BCUT2D eigenvalue weighted by Crippen LogP contribution is 2.05. The first kappa shape index (κ1) is 10.3. The van der Waals surface area contributed by atoms with Crippen molar-refractivity contribution in [3.63, 3.8) is 0 Å². The van der Waals surface area contributed by atoms with Crippen LogP contribution in [0.15, 0.2) is 53.9 Å². The van der Waals surface area contributed by atoms with Gasteiger partial charge in [-0.05, 0) is 18.2 Å². The first-order valence-corrected chi connectivity index (χ1v) is 4.80. The Balaban J connectivity index is 2.03. The van der Waals surface area contributed by atoms with Gasteiger partial charge >= 0.3 is 0 Å². The van der Waals surface area contributed by atoms with Gasteiger partial charge in [-0.2, -0.15) is 5.10 Å². The number of rotatable bonds is 3. The van der Waals surface area contributed by atoms with Crippen LogP contribution in [-0.2, 0) is 0 Å². The molecule has 0 fully saturated rings. The standard InChI is InChI=1S/C12H10FN3/c13-12-4-2-1-3-10(12)9-15-16-11-5-7-14-8-6-11/h1-9H,(H,14,16). The minimum Gasteiger partial charge on any atom is -0.278 e. The predicted molar refractivity (Wildman–Crippen MR) is 61.9 cm³/mol. The van der Waals surface area contributed by atoms with Crippen molar-refractivity contribution >= 4 is 11.9 Å². The molecule has 0 aliphatic heterocycles. The Morgan fingerprint density at radius 1 is 1.12 bits per heavy atom. The van der Waals surface area contributed by atoms with E-state index >= 15 is 0 Å². The topological polar surface area (TPSA) is 37.3 Å². The van der Waals surface area contributed by atoms with Gasteiger partial charge in [0.05, 0.1) is 11.9 Å². The fourth-order valence-electron chi connectivity index (χ4n) is 1.18. The number of nitrogens with zero attached hydrogens (tertiary/aromatic N) is 2.